The minimum absolute atomic E-state index is 0. The van der Waals surface area contributed by atoms with Crippen LogP contribution in [0.15, 0.2) is 0 Å². The zero-order chi connectivity index (χ0) is 7.54. The maximum Gasteiger partial charge on any atom is 4.00 e. The summed E-state index contributed by atoms with van der Waals surface area (Å²) in [6.45, 7) is 1.74. The number of likely N-dealkylation sites (N-methyl/N-ethyl adjacent to an activating group) is 2. The van der Waals surface area contributed by atoms with Gasteiger partial charge in [0.2, 0.25) is 0 Å². The summed E-state index contributed by atoms with van der Waals surface area (Å²) in [6.07, 6.45) is 0. The number of hydrogen-bond acceptors (Lipinski definition) is 0. The molecule has 0 radical (unpaired) electrons. The molecule has 0 unspecified atom stereocenters. The molecule has 0 aliphatic carbocycles. The molecule has 0 spiro atoms. The molecule has 0 rings (SSSR count). The minimum atomic E-state index is 0. The summed E-state index contributed by atoms with van der Waals surface area (Å²) in [6, 6.07) is 0. The van der Waals surface area contributed by atoms with Gasteiger partial charge in [-0.3, -0.25) is 0 Å². The van der Waals surface area contributed by atoms with Gasteiger partial charge in [0, 0.05) is 0 Å². The molecule has 0 saturated heterocycles. The molecule has 0 fully saturated rings. The molecule has 0 N–H and O–H groups in total. The average Bonchev–Trinajstić information content (AvgIpc) is 1.86. The van der Waals surface area contributed by atoms with E-state index in [2.05, 4.69) is 16.0 Å². The van der Waals surface area contributed by atoms with Gasteiger partial charge in [-0.15, -0.1) is 0 Å². The molecule has 11 heavy (non-hydrogen) atoms. The zero-order valence-corrected chi connectivity index (χ0v) is 10.7. The van der Waals surface area contributed by atoms with E-state index in [-0.39, 0.29) is 33.6 Å². The average molecular weight is 236 g/mol. The van der Waals surface area contributed by atoms with Gasteiger partial charge in [-0.2, -0.15) is 41.3 Å². The van der Waals surface area contributed by atoms with Crippen molar-refractivity contribution in [3.8, 4) is 0 Å². The van der Waals surface area contributed by atoms with Gasteiger partial charge in [0.15, 0.2) is 0 Å². The molecular formula is C7H19N3Zr. The van der Waals surface area contributed by atoms with E-state index in [0.29, 0.717) is 0 Å². The predicted octanol–water partition coefficient (Wildman–Crippen LogP) is 2.06. The molecule has 0 aromatic carbocycles. The van der Waals surface area contributed by atoms with Crippen LogP contribution in [-0.4, -0.2) is 41.3 Å². The first kappa shape index (κ1) is 22.6. The quantitative estimate of drug-likeness (QED) is 0.532. The maximum atomic E-state index is 3.83. The molecule has 0 saturated carbocycles. The van der Waals surface area contributed by atoms with Gasteiger partial charge in [-0.05, 0) is 0 Å². The Morgan fingerprint density at radius 1 is 0.818 bits per heavy atom. The summed E-state index contributed by atoms with van der Waals surface area (Å²) in [5, 5.41) is 11.2. The summed E-state index contributed by atoms with van der Waals surface area (Å²) < 4.78 is 0. The van der Waals surface area contributed by atoms with Gasteiger partial charge in [-0.25, -0.2) is 0 Å². The van der Waals surface area contributed by atoms with Crippen LogP contribution in [0.5, 0.6) is 0 Å². The van der Waals surface area contributed by atoms with Crippen molar-refractivity contribution in [1.29, 1.82) is 0 Å². The van der Waals surface area contributed by atoms with Crippen molar-refractivity contribution >= 4 is 0 Å². The van der Waals surface area contributed by atoms with Crippen LogP contribution in [0.25, 0.3) is 16.0 Å². The predicted molar refractivity (Wildman–Crippen MR) is 49.9 cm³/mol. The topological polar surface area (TPSA) is 42.3 Å². The van der Waals surface area contributed by atoms with E-state index in [9.17, 15) is 0 Å². The molecule has 4 heteroatoms. The third-order valence-corrected chi connectivity index (χ3v) is 0.547. The van der Waals surface area contributed by atoms with Gasteiger partial charge < -0.3 is 23.4 Å². The van der Waals surface area contributed by atoms with Crippen molar-refractivity contribution < 1.29 is 26.2 Å². The Bertz CT molecular complexity index is 32.9. The standard InChI is InChI=1S/C4H10N2.C2H6N.CH3.Zr/c1-5-3-4-6-2;1-3-2;;/h3-4H2,1-2H3;1-2H3;1H3;/q-2;2*-1;+4. The third kappa shape index (κ3) is 58.4. The molecule has 3 nitrogen and oxygen atoms in total. The van der Waals surface area contributed by atoms with Gasteiger partial charge in [0.1, 0.15) is 0 Å². The van der Waals surface area contributed by atoms with E-state index in [0.717, 1.165) is 13.1 Å². The van der Waals surface area contributed by atoms with E-state index in [1.165, 1.54) is 0 Å². The fourth-order valence-electron chi connectivity index (χ4n) is 0.200. The van der Waals surface area contributed by atoms with Gasteiger partial charge >= 0.3 is 26.2 Å². The van der Waals surface area contributed by atoms with E-state index < -0.39 is 0 Å². The second-order valence-corrected chi connectivity index (χ2v) is 1.53. The molecule has 0 aliphatic heterocycles. The second kappa shape index (κ2) is 30.9. The Hall–Kier alpha value is 0.763. The molecule has 66 valence electrons. The Morgan fingerprint density at radius 2 is 1.00 bits per heavy atom. The van der Waals surface area contributed by atoms with Crippen LogP contribution in [0.1, 0.15) is 0 Å². The first-order chi connectivity index (χ1) is 4.33. The van der Waals surface area contributed by atoms with Crippen LogP contribution < -0.4 is 0 Å². The van der Waals surface area contributed by atoms with E-state index in [1.807, 2.05) is 0 Å². The SMILES string of the molecule is C[N-]C.C[N-]CC[N-]C.[CH3-].[Zr+4]. The summed E-state index contributed by atoms with van der Waals surface area (Å²) in [5.74, 6) is 0. The van der Waals surface area contributed by atoms with Crippen LogP contribution in [0, 0.1) is 7.43 Å². The van der Waals surface area contributed by atoms with Gasteiger partial charge in [-0.1, -0.05) is 0 Å². The molecule has 0 atom stereocenters. The Kier molecular flexibility index (Phi) is 63.5. The first-order valence-electron chi connectivity index (χ1n) is 2.92. The molecule has 0 heterocycles. The summed E-state index contributed by atoms with van der Waals surface area (Å²) in [5.41, 5.74) is 0. The molecule has 0 aromatic rings. The smallest absolute Gasteiger partial charge is 0.668 e. The van der Waals surface area contributed by atoms with Crippen LogP contribution >= 0.6 is 0 Å². The van der Waals surface area contributed by atoms with Gasteiger partial charge in [0.25, 0.3) is 0 Å². The summed E-state index contributed by atoms with van der Waals surface area (Å²) >= 11 is 0. The number of nitrogens with zero attached hydrogens (tertiary/aromatic N) is 3. The Morgan fingerprint density at radius 3 is 1.09 bits per heavy atom. The second-order valence-electron chi connectivity index (χ2n) is 1.53. The molecule has 0 aromatic heterocycles. The fourth-order valence-corrected chi connectivity index (χ4v) is 0.200. The maximum absolute atomic E-state index is 3.83. The monoisotopic (exact) mass is 235 g/mol. The van der Waals surface area contributed by atoms with Crippen molar-refractivity contribution in [1.82, 2.24) is 0 Å². The normalized spacial score (nSPS) is 6.55. The van der Waals surface area contributed by atoms with Crippen molar-refractivity contribution in [2.24, 2.45) is 0 Å². The Balaban J connectivity index is -0.0000000437. The third-order valence-electron chi connectivity index (χ3n) is 0.547. The summed E-state index contributed by atoms with van der Waals surface area (Å²) in [7, 11) is 7.09. The zero-order valence-electron chi connectivity index (χ0n) is 8.26. The van der Waals surface area contributed by atoms with Crippen molar-refractivity contribution in [3.05, 3.63) is 23.4 Å². The van der Waals surface area contributed by atoms with E-state index >= 15 is 0 Å². The molecule has 0 amide bonds. The van der Waals surface area contributed by atoms with E-state index in [1.54, 1.807) is 28.2 Å². The van der Waals surface area contributed by atoms with Crippen LogP contribution in [0.4, 0.5) is 0 Å². The van der Waals surface area contributed by atoms with Crippen molar-refractivity contribution in [2.75, 3.05) is 41.3 Å². The van der Waals surface area contributed by atoms with Crippen LogP contribution in [-0.2, 0) is 26.2 Å². The molecular weight excluding hydrogens is 217 g/mol. The molecule has 0 aliphatic rings. The largest absolute Gasteiger partial charge is 4.00 e. The van der Waals surface area contributed by atoms with Gasteiger partial charge in [0.05, 0.1) is 0 Å². The number of rotatable bonds is 3. The van der Waals surface area contributed by atoms with E-state index in [4.69, 9.17) is 0 Å². The van der Waals surface area contributed by atoms with Crippen molar-refractivity contribution in [3.63, 3.8) is 0 Å². The van der Waals surface area contributed by atoms with Crippen LogP contribution in [0.2, 0.25) is 0 Å². The fraction of sp³-hybridized carbons (Fsp3) is 0.857. The Labute approximate surface area is 90.8 Å². The van der Waals surface area contributed by atoms with Crippen LogP contribution in [0.3, 0.4) is 0 Å². The molecule has 0 bridgehead atoms. The number of hydrogen-bond donors (Lipinski definition) is 0. The summed E-state index contributed by atoms with van der Waals surface area (Å²) in [4.78, 5) is 0. The minimum Gasteiger partial charge on any atom is -0.668 e. The first-order valence-corrected chi connectivity index (χ1v) is 2.92. The van der Waals surface area contributed by atoms with Crippen molar-refractivity contribution in [2.45, 2.75) is 0 Å².